The number of esters is 1. The van der Waals surface area contributed by atoms with Crippen molar-refractivity contribution in [2.75, 3.05) is 27.7 Å². The summed E-state index contributed by atoms with van der Waals surface area (Å²) in [4.78, 5) is 40.2. The van der Waals surface area contributed by atoms with Crippen LogP contribution in [0.25, 0.3) is 0 Å². The molecule has 32 heavy (non-hydrogen) atoms. The van der Waals surface area contributed by atoms with E-state index in [0.717, 1.165) is 24.0 Å². The summed E-state index contributed by atoms with van der Waals surface area (Å²) in [5.41, 5.74) is 0.964. The molecule has 3 rings (SSSR count). The van der Waals surface area contributed by atoms with Crippen molar-refractivity contribution in [3.63, 3.8) is 0 Å². The molecular formula is C25H32N2O5. The number of carbonyl (C=O) groups is 3. The van der Waals surface area contributed by atoms with Crippen LogP contribution in [0.2, 0.25) is 0 Å². The Kier molecular flexibility index (Phi) is 7.44. The van der Waals surface area contributed by atoms with E-state index in [2.05, 4.69) is 11.8 Å². The van der Waals surface area contributed by atoms with Crippen LogP contribution in [0.3, 0.4) is 0 Å². The van der Waals surface area contributed by atoms with E-state index in [-0.39, 0.29) is 36.8 Å². The van der Waals surface area contributed by atoms with E-state index in [1.54, 1.807) is 19.0 Å². The fourth-order valence-corrected chi connectivity index (χ4v) is 4.75. The topological polar surface area (TPSA) is 76.1 Å². The molecule has 1 heterocycles. The van der Waals surface area contributed by atoms with Crippen molar-refractivity contribution in [1.29, 1.82) is 0 Å². The van der Waals surface area contributed by atoms with E-state index in [1.807, 2.05) is 31.2 Å². The number of likely N-dealkylation sites (tertiary alicyclic amines) is 1. The molecule has 7 heteroatoms. The predicted octanol–water partition coefficient (Wildman–Crippen LogP) is 3.14. The standard InChI is InChI=1S/C25H32N2O5/c1-18-7-5-8-19(17-18)12-15-25(32-23(29)11-10-22(28)26(2)3)14-6-9-21-20(25)13-16-27(21)24(30)31-4/h5,7-8,17,20-21H,6,9-11,13-14,16H2,1-4H3. The summed E-state index contributed by atoms with van der Waals surface area (Å²) in [6, 6.07) is 7.79. The van der Waals surface area contributed by atoms with Crippen LogP contribution in [0.5, 0.6) is 0 Å². The first-order valence-electron chi connectivity index (χ1n) is 11.1. The minimum atomic E-state index is -0.992. The number of carbonyl (C=O) groups excluding carboxylic acids is 3. The minimum absolute atomic E-state index is 0.00297. The number of hydrogen-bond acceptors (Lipinski definition) is 5. The Bertz CT molecular complexity index is 932. The first kappa shape index (κ1) is 23.6. The lowest BCUT2D eigenvalue weighted by Crippen LogP contribution is -2.51. The van der Waals surface area contributed by atoms with Gasteiger partial charge in [0.2, 0.25) is 5.91 Å². The third-order valence-electron chi connectivity index (χ3n) is 6.38. The maximum Gasteiger partial charge on any atom is 0.409 e. The summed E-state index contributed by atoms with van der Waals surface area (Å²) < 4.78 is 11.0. The number of aryl methyl sites for hydroxylation is 1. The molecule has 0 bridgehead atoms. The van der Waals surface area contributed by atoms with Crippen LogP contribution in [-0.4, -0.2) is 67.2 Å². The Labute approximate surface area is 190 Å². The van der Waals surface area contributed by atoms with E-state index in [1.165, 1.54) is 12.0 Å². The van der Waals surface area contributed by atoms with Gasteiger partial charge in [-0.15, -0.1) is 0 Å². The Balaban J connectivity index is 1.89. The first-order chi connectivity index (χ1) is 15.3. The van der Waals surface area contributed by atoms with Crippen LogP contribution in [0.4, 0.5) is 4.79 Å². The highest BCUT2D eigenvalue weighted by molar-refractivity contribution is 5.81. The highest BCUT2D eigenvalue weighted by Crippen LogP contribution is 2.45. The average Bonchev–Trinajstić information content (AvgIpc) is 3.21. The van der Waals surface area contributed by atoms with Crippen LogP contribution in [0, 0.1) is 24.7 Å². The van der Waals surface area contributed by atoms with Crippen molar-refractivity contribution in [2.45, 2.75) is 57.1 Å². The van der Waals surface area contributed by atoms with Gasteiger partial charge in [-0.2, -0.15) is 0 Å². The normalized spacial score (nSPS) is 24.1. The molecule has 172 valence electrons. The molecule has 0 aromatic heterocycles. The molecule has 1 aliphatic heterocycles. The molecular weight excluding hydrogens is 408 g/mol. The molecule has 3 unspecified atom stereocenters. The van der Waals surface area contributed by atoms with Gasteiger partial charge in [-0.3, -0.25) is 9.59 Å². The number of nitrogens with zero attached hydrogens (tertiary/aromatic N) is 2. The smallest absolute Gasteiger partial charge is 0.409 e. The van der Waals surface area contributed by atoms with Crippen molar-refractivity contribution < 1.29 is 23.9 Å². The number of fused-ring (bicyclic) bond motifs is 1. The molecule has 0 radical (unpaired) electrons. The van der Waals surface area contributed by atoms with Crippen molar-refractivity contribution in [1.82, 2.24) is 9.80 Å². The van der Waals surface area contributed by atoms with Crippen LogP contribution >= 0.6 is 0 Å². The lowest BCUT2D eigenvalue weighted by atomic mass is 9.72. The second kappa shape index (κ2) is 10.1. The quantitative estimate of drug-likeness (QED) is 0.531. The molecule has 1 saturated carbocycles. The second-order valence-corrected chi connectivity index (χ2v) is 8.79. The molecule has 1 aliphatic carbocycles. The van der Waals surface area contributed by atoms with Crippen LogP contribution < -0.4 is 0 Å². The molecule has 3 atom stereocenters. The summed E-state index contributed by atoms with van der Waals surface area (Å²) >= 11 is 0. The summed E-state index contributed by atoms with van der Waals surface area (Å²) in [5, 5.41) is 0. The second-order valence-electron chi connectivity index (χ2n) is 8.79. The maximum atomic E-state index is 12.8. The lowest BCUT2D eigenvalue weighted by Gasteiger charge is -2.42. The van der Waals surface area contributed by atoms with E-state index in [0.29, 0.717) is 19.4 Å². The average molecular weight is 441 g/mol. The Morgan fingerprint density at radius 3 is 2.69 bits per heavy atom. The Morgan fingerprint density at radius 2 is 2.00 bits per heavy atom. The Morgan fingerprint density at radius 1 is 1.22 bits per heavy atom. The SMILES string of the molecule is COC(=O)N1CCC2C1CCCC2(C#Cc1cccc(C)c1)OC(=O)CCC(=O)N(C)C. The van der Waals surface area contributed by atoms with E-state index >= 15 is 0 Å². The van der Waals surface area contributed by atoms with Gasteiger partial charge in [0, 0.05) is 44.6 Å². The molecule has 1 aromatic carbocycles. The van der Waals surface area contributed by atoms with Gasteiger partial charge in [-0.1, -0.05) is 18.1 Å². The molecule has 0 spiro atoms. The third kappa shape index (κ3) is 5.24. The Hall–Kier alpha value is -3.01. The van der Waals surface area contributed by atoms with E-state index < -0.39 is 11.6 Å². The monoisotopic (exact) mass is 440 g/mol. The number of methoxy groups -OCH3 is 1. The van der Waals surface area contributed by atoms with Gasteiger partial charge >= 0.3 is 12.1 Å². The van der Waals surface area contributed by atoms with Gasteiger partial charge in [0.1, 0.15) is 0 Å². The summed E-state index contributed by atoms with van der Waals surface area (Å²) in [6.07, 6.45) is 2.63. The van der Waals surface area contributed by atoms with Crippen LogP contribution in [0.15, 0.2) is 24.3 Å². The highest BCUT2D eigenvalue weighted by Gasteiger charge is 2.53. The minimum Gasteiger partial charge on any atom is -0.453 e. The summed E-state index contributed by atoms with van der Waals surface area (Å²) in [7, 11) is 4.70. The van der Waals surface area contributed by atoms with Gasteiger partial charge in [0.25, 0.3) is 0 Å². The largest absolute Gasteiger partial charge is 0.453 e. The van der Waals surface area contributed by atoms with Gasteiger partial charge < -0.3 is 19.3 Å². The number of ether oxygens (including phenoxy) is 2. The van der Waals surface area contributed by atoms with E-state index in [9.17, 15) is 14.4 Å². The third-order valence-corrected chi connectivity index (χ3v) is 6.38. The zero-order valence-corrected chi connectivity index (χ0v) is 19.3. The maximum absolute atomic E-state index is 12.8. The number of benzene rings is 1. The van der Waals surface area contributed by atoms with Crippen molar-refractivity contribution >= 4 is 18.0 Å². The van der Waals surface area contributed by atoms with Crippen molar-refractivity contribution in [3.05, 3.63) is 35.4 Å². The molecule has 1 aromatic rings. The highest BCUT2D eigenvalue weighted by atomic mass is 16.6. The molecule has 1 saturated heterocycles. The van der Waals surface area contributed by atoms with Crippen LogP contribution in [-0.2, 0) is 19.1 Å². The number of rotatable bonds is 4. The van der Waals surface area contributed by atoms with Gasteiger partial charge in [0.15, 0.2) is 5.60 Å². The number of hydrogen-bond donors (Lipinski definition) is 0. The zero-order chi connectivity index (χ0) is 23.3. The first-order valence-corrected chi connectivity index (χ1v) is 11.1. The number of amides is 2. The molecule has 2 fully saturated rings. The fourth-order valence-electron chi connectivity index (χ4n) is 4.75. The van der Waals surface area contributed by atoms with Gasteiger partial charge in [-0.05, 0) is 56.2 Å². The predicted molar refractivity (Wildman–Crippen MR) is 120 cm³/mol. The van der Waals surface area contributed by atoms with Gasteiger partial charge in [-0.25, -0.2) is 4.79 Å². The lowest BCUT2D eigenvalue weighted by molar-refractivity contribution is -0.163. The summed E-state index contributed by atoms with van der Waals surface area (Å²) in [6.45, 7) is 2.55. The van der Waals surface area contributed by atoms with Crippen molar-refractivity contribution in [3.8, 4) is 11.8 Å². The fraction of sp³-hybridized carbons (Fsp3) is 0.560. The van der Waals surface area contributed by atoms with Crippen molar-refractivity contribution in [2.24, 2.45) is 5.92 Å². The molecule has 2 aliphatic rings. The van der Waals surface area contributed by atoms with Gasteiger partial charge in [0.05, 0.1) is 13.5 Å². The molecule has 7 nitrogen and oxygen atoms in total. The van der Waals surface area contributed by atoms with Crippen LogP contribution in [0.1, 0.15) is 49.7 Å². The molecule has 2 amide bonds. The molecule has 0 N–H and O–H groups in total. The zero-order valence-electron chi connectivity index (χ0n) is 19.3. The summed E-state index contributed by atoms with van der Waals surface area (Å²) in [5.74, 6) is 5.87. The van der Waals surface area contributed by atoms with E-state index in [4.69, 9.17) is 9.47 Å².